The van der Waals surface area contributed by atoms with E-state index in [0.29, 0.717) is 6.61 Å². The lowest BCUT2D eigenvalue weighted by molar-refractivity contribution is -0.137. The number of aliphatic carboxylic acids is 1. The van der Waals surface area contributed by atoms with Gasteiger partial charge in [-0.1, -0.05) is 6.07 Å². The maximum absolute atomic E-state index is 11.1. The van der Waals surface area contributed by atoms with Crippen molar-refractivity contribution >= 4 is 17.3 Å². The molecule has 2 aliphatic rings. The first-order valence-corrected chi connectivity index (χ1v) is 11.4. The van der Waals surface area contributed by atoms with E-state index in [4.69, 9.17) is 14.6 Å². The summed E-state index contributed by atoms with van der Waals surface area (Å²) in [7, 11) is 0. The maximum Gasteiger partial charge on any atom is 0.305 e. The molecule has 0 amide bonds. The zero-order valence-electron chi connectivity index (χ0n) is 18.2. The van der Waals surface area contributed by atoms with Crippen molar-refractivity contribution in [3.05, 3.63) is 48.5 Å². The molecular weight excluding hydrogens is 392 g/mol. The number of carboxylic acids is 1. The van der Waals surface area contributed by atoms with Gasteiger partial charge in [0, 0.05) is 56.0 Å². The van der Waals surface area contributed by atoms with Crippen LogP contribution in [0.15, 0.2) is 48.5 Å². The Balaban J connectivity index is 1.30. The molecule has 0 unspecified atom stereocenters. The monoisotopic (exact) mass is 424 g/mol. The lowest BCUT2D eigenvalue weighted by Crippen LogP contribution is -2.38. The molecule has 0 aliphatic carbocycles. The van der Waals surface area contributed by atoms with E-state index in [1.54, 1.807) is 0 Å². The Morgan fingerprint density at radius 1 is 1.00 bits per heavy atom. The van der Waals surface area contributed by atoms with Gasteiger partial charge in [0.15, 0.2) is 0 Å². The molecular formula is C25H32N2O4. The molecule has 6 nitrogen and oxygen atoms in total. The van der Waals surface area contributed by atoms with Crippen LogP contribution in [0.4, 0.5) is 11.4 Å². The summed E-state index contributed by atoms with van der Waals surface area (Å²) in [6, 6.07) is 16.5. The SMILES string of the molecule is CCOc1cccc(N2CCC(Oc3ccc(N4CCC[C@@H]4CC(=O)O)cc3)CC2)c1. The number of piperidine rings is 1. The molecule has 31 heavy (non-hydrogen) atoms. The van der Waals surface area contributed by atoms with Crippen molar-refractivity contribution in [3.63, 3.8) is 0 Å². The molecule has 0 saturated carbocycles. The Morgan fingerprint density at radius 2 is 1.77 bits per heavy atom. The highest BCUT2D eigenvalue weighted by Crippen LogP contribution is 2.30. The highest BCUT2D eigenvalue weighted by atomic mass is 16.5. The molecule has 0 aromatic heterocycles. The summed E-state index contributed by atoms with van der Waals surface area (Å²) >= 11 is 0. The van der Waals surface area contributed by atoms with Gasteiger partial charge in [0.05, 0.1) is 13.0 Å². The zero-order chi connectivity index (χ0) is 21.6. The average Bonchev–Trinajstić information content (AvgIpc) is 3.23. The summed E-state index contributed by atoms with van der Waals surface area (Å²) in [5, 5.41) is 9.14. The minimum absolute atomic E-state index is 0.0924. The predicted octanol–water partition coefficient (Wildman–Crippen LogP) is 4.58. The van der Waals surface area contributed by atoms with Crippen LogP contribution in [0, 0.1) is 0 Å². The topological polar surface area (TPSA) is 62.2 Å². The fourth-order valence-electron chi connectivity index (χ4n) is 4.67. The summed E-state index contributed by atoms with van der Waals surface area (Å²) in [4.78, 5) is 15.7. The number of benzene rings is 2. The van der Waals surface area contributed by atoms with Crippen molar-refractivity contribution in [2.75, 3.05) is 36.0 Å². The molecule has 0 spiro atoms. The maximum atomic E-state index is 11.1. The van der Waals surface area contributed by atoms with Gasteiger partial charge in [-0.05, 0) is 56.2 Å². The number of carbonyl (C=O) groups is 1. The van der Waals surface area contributed by atoms with Gasteiger partial charge in [0.25, 0.3) is 0 Å². The van der Waals surface area contributed by atoms with E-state index >= 15 is 0 Å². The van der Waals surface area contributed by atoms with E-state index in [1.165, 1.54) is 5.69 Å². The predicted molar refractivity (Wildman–Crippen MR) is 123 cm³/mol. The second kappa shape index (κ2) is 9.94. The standard InChI is InChI=1S/C25H32N2O4/c1-2-30-24-7-3-5-20(17-24)26-15-12-23(13-16-26)31-22-10-8-19(9-11-22)27-14-4-6-21(27)18-25(28)29/h3,5,7-11,17,21,23H,2,4,6,12-16,18H2,1H3,(H,28,29)/t21-/m1/s1. The third-order valence-corrected chi connectivity index (χ3v) is 6.19. The second-order valence-electron chi connectivity index (χ2n) is 8.32. The van der Waals surface area contributed by atoms with E-state index in [-0.39, 0.29) is 18.6 Å². The van der Waals surface area contributed by atoms with Crippen LogP contribution in [-0.4, -0.2) is 49.5 Å². The lowest BCUT2D eigenvalue weighted by Gasteiger charge is -2.34. The first kappa shape index (κ1) is 21.3. The average molecular weight is 425 g/mol. The normalized spacial score (nSPS) is 19.5. The minimum atomic E-state index is -0.729. The molecule has 4 rings (SSSR count). The van der Waals surface area contributed by atoms with Crippen molar-refractivity contribution in [2.45, 2.75) is 51.2 Å². The summed E-state index contributed by atoms with van der Waals surface area (Å²) in [6.07, 6.45) is 4.35. The molecule has 2 aromatic rings. The van der Waals surface area contributed by atoms with Gasteiger partial charge in [-0.2, -0.15) is 0 Å². The minimum Gasteiger partial charge on any atom is -0.494 e. The Kier molecular flexibility index (Phi) is 6.85. The Labute approximate surface area is 184 Å². The molecule has 2 saturated heterocycles. The molecule has 1 N–H and O–H groups in total. The van der Waals surface area contributed by atoms with Gasteiger partial charge in [0.2, 0.25) is 0 Å². The van der Waals surface area contributed by atoms with Gasteiger partial charge in [0.1, 0.15) is 17.6 Å². The number of anilines is 2. The van der Waals surface area contributed by atoms with Gasteiger partial charge in [-0.3, -0.25) is 4.79 Å². The summed E-state index contributed by atoms with van der Waals surface area (Å²) < 4.78 is 11.9. The van der Waals surface area contributed by atoms with Gasteiger partial charge < -0.3 is 24.4 Å². The zero-order valence-corrected chi connectivity index (χ0v) is 18.2. The third-order valence-electron chi connectivity index (χ3n) is 6.19. The van der Waals surface area contributed by atoms with E-state index in [9.17, 15) is 4.79 Å². The van der Waals surface area contributed by atoms with Crippen molar-refractivity contribution in [2.24, 2.45) is 0 Å². The summed E-state index contributed by atoms with van der Waals surface area (Å²) in [5.74, 6) is 1.07. The number of carboxylic acid groups (broad SMARTS) is 1. The Bertz CT molecular complexity index is 862. The number of nitrogens with zero attached hydrogens (tertiary/aromatic N) is 2. The lowest BCUT2D eigenvalue weighted by atomic mass is 10.1. The Morgan fingerprint density at radius 3 is 2.48 bits per heavy atom. The number of hydrogen-bond acceptors (Lipinski definition) is 5. The first-order chi connectivity index (χ1) is 15.1. The molecule has 2 heterocycles. The van der Waals surface area contributed by atoms with Crippen molar-refractivity contribution in [3.8, 4) is 11.5 Å². The molecule has 6 heteroatoms. The highest BCUT2D eigenvalue weighted by molar-refractivity contribution is 5.69. The van der Waals surface area contributed by atoms with Crippen molar-refractivity contribution in [1.82, 2.24) is 0 Å². The fourth-order valence-corrected chi connectivity index (χ4v) is 4.67. The van der Waals surface area contributed by atoms with Crippen LogP contribution in [0.2, 0.25) is 0 Å². The largest absolute Gasteiger partial charge is 0.494 e. The first-order valence-electron chi connectivity index (χ1n) is 11.4. The van der Waals surface area contributed by atoms with Crippen LogP contribution in [0.3, 0.4) is 0 Å². The fraction of sp³-hybridized carbons (Fsp3) is 0.480. The van der Waals surface area contributed by atoms with Crippen LogP contribution in [-0.2, 0) is 4.79 Å². The van der Waals surface area contributed by atoms with Gasteiger partial charge >= 0.3 is 5.97 Å². The molecule has 0 bridgehead atoms. The molecule has 0 radical (unpaired) electrons. The van der Waals surface area contributed by atoms with Crippen LogP contribution >= 0.6 is 0 Å². The number of rotatable bonds is 8. The molecule has 2 aliphatic heterocycles. The van der Waals surface area contributed by atoms with E-state index in [0.717, 1.165) is 62.5 Å². The molecule has 166 valence electrons. The van der Waals surface area contributed by atoms with Gasteiger partial charge in [-0.25, -0.2) is 0 Å². The Hall–Kier alpha value is -2.89. The number of hydrogen-bond donors (Lipinski definition) is 1. The second-order valence-corrected chi connectivity index (χ2v) is 8.32. The smallest absolute Gasteiger partial charge is 0.305 e. The highest BCUT2D eigenvalue weighted by Gasteiger charge is 2.27. The van der Waals surface area contributed by atoms with Crippen molar-refractivity contribution in [1.29, 1.82) is 0 Å². The van der Waals surface area contributed by atoms with E-state index in [2.05, 4.69) is 34.1 Å². The van der Waals surface area contributed by atoms with Crippen LogP contribution in [0.5, 0.6) is 11.5 Å². The third kappa shape index (κ3) is 5.43. The van der Waals surface area contributed by atoms with E-state index in [1.807, 2.05) is 31.2 Å². The summed E-state index contributed by atoms with van der Waals surface area (Å²) in [5.41, 5.74) is 2.29. The van der Waals surface area contributed by atoms with E-state index < -0.39 is 5.97 Å². The molecule has 2 fully saturated rings. The van der Waals surface area contributed by atoms with Crippen molar-refractivity contribution < 1.29 is 19.4 Å². The van der Waals surface area contributed by atoms with Crippen LogP contribution in [0.1, 0.15) is 39.0 Å². The van der Waals surface area contributed by atoms with Gasteiger partial charge in [-0.15, -0.1) is 0 Å². The molecule has 1 atom stereocenters. The van der Waals surface area contributed by atoms with Crippen LogP contribution in [0.25, 0.3) is 0 Å². The molecule has 2 aromatic carbocycles. The quantitative estimate of drug-likeness (QED) is 0.669. The van der Waals surface area contributed by atoms with Crippen LogP contribution < -0.4 is 19.3 Å². The summed E-state index contributed by atoms with van der Waals surface area (Å²) in [6.45, 7) is 5.52. The number of ether oxygens (including phenoxy) is 2.